The second-order valence-electron chi connectivity index (χ2n) is 6.20. The van der Waals surface area contributed by atoms with Gasteiger partial charge >= 0.3 is 0 Å². The largest absolute Gasteiger partial charge is 0.491 e. The fourth-order valence-electron chi connectivity index (χ4n) is 2.77. The van der Waals surface area contributed by atoms with Gasteiger partial charge in [0.05, 0.1) is 6.61 Å². The van der Waals surface area contributed by atoms with Crippen LogP contribution in [0.15, 0.2) is 24.3 Å². The van der Waals surface area contributed by atoms with E-state index < -0.39 is 6.04 Å². The van der Waals surface area contributed by atoms with Crippen LogP contribution in [0.2, 0.25) is 0 Å². The summed E-state index contributed by atoms with van der Waals surface area (Å²) in [4.78, 5) is 26.5. The van der Waals surface area contributed by atoms with Gasteiger partial charge in [-0.3, -0.25) is 9.59 Å². The minimum Gasteiger partial charge on any atom is -0.491 e. The first-order valence-corrected chi connectivity index (χ1v) is 8.36. The Kier molecular flexibility index (Phi) is 6.61. The third kappa shape index (κ3) is 4.71. The summed E-state index contributed by atoms with van der Waals surface area (Å²) in [5, 5.41) is 2.89. The molecule has 6 nitrogen and oxygen atoms in total. The molecule has 0 aliphatic carbocycles. The molecule has 1 N–H and O–H groups in total. The molecule has 24 heavy (non-hydrogen) atoms. The molecule has 1 aromatic rings. The van der Waals surface area contributed by atoms with Crippen LogP contribution in [0.4, 0.5) is 5.69 Å². The maximum absolute atomic E-state index is 12.6. The zero-order valence-electron chi connectivity index (χ0n) is 14.6. The molecule has 0 bridgehead atoms. The molecule has 132 valence electrons. The minimum absolute atomic E-state index is 0.0318. The number of benzene rings is 1. The Morgan fingerprint density at radius 1 is 1.33 bits per heavy atom. The molecule has 1 aromatic carbocycles. The van der Waals surface area contributed by atoms with Gasteiger partial charge in [0.1, 0.15) is 18.4 Å². The first-order valence-electron chi connectivity index (χ1n) is 8.36. The second-order valence-corrected chi connectivity index (χ2v) is 6.20. The van der Waals surface area contributed by atoms with Crippen molar-refractivity contribution in [2.75, 3.05) is 32.2 Å². The van der Waals surface area contributed by atoms with Crippen LogP contribution in [0, 0.1) is 5.92 Å². The zero-order chi connectivity index (χ0) is 17.5. The lowest BCUT2D eigenvalue weighted by Gasteiger charge is -2.25. The number of likely N-dealkylation sites (tertiary alicyclic amines) is 1. The van der Waals surface area contributed by atoms with E-state index in [4.69, 9.17) is 9.47 Å². The number of carbonyl (C=O) groups excluding carboxylic acids is 2. The summed E-state index contributed by atoms with van der Waals surface area (Å²) in [5.74, 6) is 0.460. The van der Waals surface area contributed by atoms with E-state index in [0.717, 1.165) is 6.42 Å². The molecule has 0 saturated carbocycles. The van der Waals surface area contributed by atoms with Crippen molar-refractivity contribution >= 4 is 17.5 Å². The molecule has 1 heterocycles. The lowest BCUT2D eigenvalue weighted by molar-refractivity contribution is -0.139. The number of methoxy groups -OCH3 is 1. The Balaban J connectivity index is 1.98. The number of nitrogens with zero attached hydrogens (tertiary/aromatic N) is 1. The van der Waals surface area contributed by atoms with Crippen LogP contribution >= 0.6 is 0 Å². The highest BCUT2D eigenvalue weighted by Gasteiger charge is 2.34. The Hall–Kier alpha value is -2.08. The monoisotopic (exact) mass is 334 g/mol. The van der Waals surface area contributed by atoms with Crippen molar-refractivity contribution in [2.45, 2.75) is 32.7 Å². The first-order chi connectivity index (χ1) is 11.5. The van der Waals surface area contributed by atoms with Crippen molar-refractivity contribution in [2.24, 2.45) is 5.92 Å². The first kappa shape index (κ1) is 18.3. The molecule has 1 saturated heterocycles. The number of hydrogen-bond acceptors (Lipinski definition) is 4. The second kappa shape index (κ2) is 8.68. The summed E-state index contributed by atoms with van der Waals surface area (Å²) in [6.45, 7) is 5.32. The van der Waals surface area contributed by atoms with Crippen LogP contribution in [-0.4, -0.2) is 49.6 Å². The maximum Gasteiger partial charge on any atom is 0.247 e. The lowest BCUT2D eigenvalue weighted by Crippen LogP contribution is -2.44. The molecule has 1 fully saturated rings. The Morgan fingerprint density at radius 2 is 2.12 bits per heavy atom. The van der Waals surface area contributed by atoms with Gasteiger partial charge in [-0.1, -0.05) is 19.9 Å². The molecule has 6 heteroatoms. The Labute approximate surface area is 143 Å². The van der Waals surface area contributed by atoms with Crippen LogP contribution < -0.4 is 10.1 Å². The van der Waals surface area contributed by atoms with Crippen LogP contribution in [0.3, 0.4) is 0 Å². The van der Waals surface area contributed by atoms with Gasteiger partial charge in [-0.05, 0) is 25.0 Å². The van der Waals surface area contributed by atoms with Gasteiger partial charge in [-0.25, -0.2) is 0 Å². The van der Waals surface area contributed by atoms with E-state index in [-0.39, 0.29) is 17.7 Å². The third-order valence-electron chi connectivity index (χ3n) is 3.99. The summed E-state index contributed by atoms with van der Waals surface area (Å²) in [6, 6.07) is 6.85. The van der Waals surface area contributed by atoms with E-state index >= 15 is 0 Å². The number of carbonyl (C=O) groups is 2. The average molecular weight is 334 g/mol. The molecule has 1 unspecified atom stereocenters. The summed E-state index contributed by atoms with van der Waals surface area (Å²) in [6.07, 6.45) is 1.56. The van der Waals surface area contributed by atoms with Gasteiger partial charge in [0.2, 0.25) is 11.8 Å². The van der Waals surface area contributed by atoms with Gasteiger partial charge in [0, 0.05) is 31.3 Å². The highest BCUT2D eigenvalue weighted by atomic mass is 16.5. The molecule has 1 aliphatic rings. The SMILES string of the molecule is COCCOc1cccc(NC(=O)C2CCCN2C(=O)C(C)C)c1. The van der Waals surface area contributed by atoms with Crippen molar-refractivity contribution in [3.63, 3.8) is 0 Å². The molecule has 0 spiro atoms. The maximum atomic E-state index is 12.6. The van der Waals surface area contributed by atoms with E-state index in [0.29, 0.717) is 37.6 Å². The van der Waals surface area contributed by atoms with Gasteiger partial charge < -0.3 is 19.7 Å². The van der Waals surface area contributed by atoms with E-state index in [1.165, 1.54) is 0 Å². The normalized spacial score (nSPS) is 17.2. The van der Waals surface area contributed by atoms with Crippen LogP contribution in [0.5, 0.6) is 5.75 Å². The highest BCUT2D eigenvalue weighted by Crippen LogP contribution is 2.23. The van der Waals surface area contributed by atoms with E-state index in [1.54, 1.807) is 18.1 Å². The predicted molar refractivity (Wildman–Crippen MR) is 92.0 cm³/mol. The molecule has 0 aromatic heterocycles. The Morgan fingerprint density at radius 3 is 2.83 bits per heavy atom. The highest BCUT2D eigenvalue weighted by molar-refractivity contribution is 5.97. The Bertz CT molecular complexity index is 574. The molecule has 1 atom stereocenters. The topological polar surface area (TPSA) is 67.9 Å². The fraction of sp³-hybridized carbons (Fsp3) is 0.556. The minimum atomic E-state index is -0.391. The van der Waals surface area contributed by atoms with Crippen LogP contribution in [0.1, 0.15) is 26.7 Å². The summed E-state index contributed by atoms with van der Waals surface area (Å²) >= 11 is 0. The molecule has 2 rings (SSSR count). The van der Waals surface area contributed by atoms with Gasteiger partial charge in [-0.2, -0.15) is 0 Å². The number of nitrogens with one attached hydrogen (secondary N) is 1. The third-order valence-corrected chi connectivity index (χ3v) is 3.99. The number of ether oxygens (including phenoxy) is 2. The number of anilines is 1. The predicted octanol–water partition coefficient (Wildman–Crippen LogP) is 2.30. The summed E-state index contributed by atoms with van der Waals surface area (Å²) < 4.78 is 10.5. The molecular formula is C18H26N2O4. The molecular weight excluding hydrogens is 308 g/mol. The van der Waals surface area contributed by atoms with Crippen LogP contribution in [-0.2, 0) is 14.3 Å². The summed E-state index contributed by atoms with van der Waals surface area (Å²) in [7, 11) is 1.62. The zero-order valence-corrected chi connectivity index (χ0v) is 14.6. The van der Waals surface area contributed by atoms with Gasteiger partial charge in [0.25, 0.3) is 0 Å². The summed E-state index contributed by atoms with van der Waals surface area (Å²) in [5.41, 5.74) is 0.666. The molecule has 1 aliphatic heterocycles. The van der Waals surface area contributed by atoms with Crippen molar-refractivity contribution in [3.05, 3.63) is 24.3 Å². The van der Waals surface area contributed by atoms with Crippen LogP contribution in [0.25, 0.3) is 0 Å². The van der Waals surface area contributed by atoms with E-state index in [2.05, 4.69) is 5.32 Å². The van der Waals surface area contributed by atoms with Crippen molar-refractivity contribution in [1.29, 1.82) is 0 Å². The number of hydrogen-bond donors (Lipinski definition) is 1. The van der Waals surface area contributed by atoms with Gasteiger partial charge in [-0.15, -0.1) is 0 Å². The quantitative estimate of drug-likeness (QED) is 0.777. The van der Waals surface area contributed by atoms with Crippen molar-refractivity contribution in [1.82, 2.24) is 4.90 Å². The molecule has 2 amide bonds. The number of rotatable bonds is 7. The van der Waals surface area contributed by atoms with Crippen molar-refractivity contribution < 1.29 is 19.1 Å². The standard InChI is InChI=1S/C18H26N2O4/c1-13(2)18(22)20-9-5-8-16(20)17(21)19-14-6-4-7-15(12-14)24-11-10-23-3/h4,6-7,12-13,16H,5,8-11H2,1-3H3,(H,19,21). The van der Waals surface area contributed by atoms with Gasteiger partial charge in [0.15, 0.2) is 0 Å². The molecule has 0 radical (unpaired) electrons. The van der Waals surface area contributed by atoms with Crippen molar-refractivity contribution in [3.8, 4) is 5.75 Å². The average Bonchev–Trinajstić information content (AvgIpc) is 3.04. The smallest absolute Gasteiger partial charge is 0.247 e. The lowest BCUT2D eigenvalue weighted by atomic mass is 10.1. The number of amides is 2. The van der Waals surface area contributed by atoms with E-state index in [1.807, 2.05) is 32.0 Å². The fourth-order valence-corrected chi connectivity index (χ4v) is 2.77. The van der Waals surface area contributed by atoms with E-state index in [9.17, 15) is 9.59 Å².